The maximum Gasteiger partial charge on any atom is 0.293 e. The molecule has 0 aliphatic rings. The zero-order valence-corrected chi connectivity index (χ0v) is 12.3. The lowest BCUT2D eigenvalue weighted by atomic mass is 10.1. The van der Waals surface area contributed by atoms with Crippen LogP contribution in [0.5, 0.6) is 0 Å². The van der Waals surface area contributed by atoms with Gasteiger partial charge in [0.05, 0.1) is 0 Å². The van der Waals surface area contributed by atoms with E-state index in [2.05, 4.69) is 17.2 Å². The van der Waals surface area contributed by atoms with Gasteiger partial charge in [-0.05, 0) is 6.42 Å². The fraction of sp³-hybridized carbons (Fsp3) is 0.733. The first kappa shape index (κ1) is 15.7. The van der Waals surface area contributed by atoms with Gasteiger partial charge in [-0.25, -0.2) is 4.98 Å². The molecule has 0 saturated heterocycles. The molecule has 0 fully saturated rings. The fourth-order valence-corrected chi connectivity index (χ4v) is 2.08. The molecule has 0 saturated carbocycles. The van der Waals surface area contributed by atoms with E-state index in [1.807, 2.05) is 0 Å². The minimum Gasteiger partial charge on any atom is -0.365 e. The summed E-state index contributed by atoms with van der Waals surface area (Å²) in [7, 11) is 1.74. The highest BCUT2D eigenvalue weighted by Crippen LogP contribution is 2.08. The molecule has 0 bridgehead atoms. The second kappa shape index (κ2) is 9.59. The summed E-state index contributed by atoms with van der Waals surface area (Å²) in [4.78, 5) is 15.7. The van der Waals surface area contributed by atoms with Crippen molar-refractivity contribution in [2.24, 2.45) is 7.05 Å². The van der Waals surface area contributed by atoms with Gasteiger partial charge < -0.3 is 9.88 Å². The zero-order valence-electron chi connectivity index (χ0n) is 12.3. The van der Waals surface area contributed by atoms with Gasteiger partial charge in [-0.2, -0.15) is 0 Å². The van der Waals surface area contributed by atoms with Crippen LogP contribution in [0.2, 0.25) is 0 Å². The van der Waals surface area contributed by atoms with Gasteiger partial charge >= 0.3 is 0 Å². The Labute approximate surface area is 116 Å². The smallest absolute Gasteiger partial charge is 0.293 e. The number of nitrogens with zero attached hydrogens (tertiary/aromatic N) is 2. The third kappa shape index (κ3) is 6.41. The van der Waals surface area contributed by atoms with Gasteiger partial charge in [-0.15, -0.1) is 0 Å². The molecule has 0 unspecified atom stereocenters. The zero-order chi connectivity index (χ0) is 13.9. The number of aromatic nitrogens is 2. The van der Waals surface area contributed by atoms with Crippen molar-refractivity contribution >= 4 is 5.82 Å². The first-order chi connectivity index (χ1) is 9.25. The second-order valence-corrected chi connectivity index (χ2v) is 5.09. The van der Waals surface area contributed by atoms with Crippen LogP contribution in [0, 0.1) is 0 Å². The van der Waals surface area contributed by atoms with Gasteiger partial charge in [0.1, 0.15) is 0 Å². The van der Waals surface area contributed by atoms with E-state index in [-0.39, 0.29) is 5.56 Å². The summed E-state index contributed by atoms with van der Waals surface area (Å²) in [5.41, 5.74) is -0.0536. The highest BCUT2D eigenvalue weighted by molar-refractivity contribution is 5.30. The third-order valence-electron chi connectivity index (χ3n) is 3.34. The first-order valence-electron chi connectivity index (χ1n) is 7.51. The lowest BCUT2D eigenvalue weighted by molar-refractivity contribution is 0.581. The molecule has 4 nitrogen and oxygen atoms in total. The van der Waals surface area contributed by atoms with Crippen LogP contribution in [0.3, 0.4) is 0 Å². The molecule has 0 aliphatic carbocycles. The van der Waals surface area contributed by atoms with Crippen LogP contribution < -0.4 is 10.9 Å². The Balaban J connectivity index is 2.05. The minimum atomic E-state index is -0.0536. The fourth-order valence-electron chi connectivity index (χ4n) is 2.08. The average Bonchev–Trinajstić information content (AvgIpc) is 2.41. The molecular formula is C15H27N3O. The predicted molar refractivity (Wildman–Crippen MR) is 80.6 cm³/mol. The standard InChI is InChI=1S/C15H27N3O/c1-3-4-5-6-7-8-9-10-11-16-14-15(19)18(2)13-12-17-14/h12-13H,3-11H2,1-2H3,(H,16,17). The number of nitrogens with one attached hydrogen (secondary N) is 1. The Morgan fingerprint density at radius 1 is 1.11 bits per heavy atom. The molecule has 1 heterocycles. The molecular weight excluding hydrogens is 238 g/mol. The van der Waals surface area contributed by atoms with Crippen LogP contribution in [0.15, 0.2) is 17.2 Å². The highest BCUT2D eigenvalue weighted by atomic mass is 16.1. The van der Waals surface area contributed by atoms with Crippen molar-refractivity contribution in [2.45, 2.75) is 58.3 Å². The lowest BCUT2D eigenvalue weighted by Gasteiger charge is -2.06. The van der Waals surface area contributed by atoms with E-state index < -0.39 is 0 Å². The van der Waals surface area contributed by atoms with Crippen LogP contribution in [-0.4, -0.2) is 16.1 Å². The minimum absolute atomic E-state index is 0.0536. The highest BCUT2D eigenvalue weighted by Gasteiger charge is 2.00. The van der Waals surface area contributed by atoms with E-state index in [1.54, 1.807) is 24.0 Å². The van der Waals surface area contributed by atoms with E-state index in [0.717, 1.165) is 13.0 Å². The van der Waals surface area contributed by atoms with Crippen molar-refractivity contribution in [2.75, 3.05) is 11.9 Å². The molecule has 0 radical (unpaired) electrons. The maximum atomic E-state index is 11.7. The topological polar surface area (TPSA) is 46.9 Å². The van der Waals surface area contributed by atoms with E-state index in [1.165, 1.54) is 44.9 Å². The van der Waals surface area contributed by atoms with Gasteiger partial charge in [-0.3, -0.25) is 4.79 Å². The Hall–Kier alpha value is -1.32. The molecule has 0 atom stereocenters. The molecule has 19 heavy (non-hydrogen) atoms. The number of hydrogen-bond acceptors (Lipinski definition) is 3. The van der Waals surface area contributed by atoms with Crippen LogP contribution in [-0.2, 0) is 7.05 Å². The second-order valence-electron chi connectivity index (χ2n) is 5.09. The van der Waals surface area contributed by atoms with E-state index in [0.29, 0.717) is 5.82 Å². The number of anilines is 1. The Morgan fingerprint density at radius 2 is 1.74 bits per heavy atom. The van der Waals surface area contributed by atoms with Crippen molar-refractivity contribution in [1.82, 2.24) is 9.55 Å². The number of hydrogen-bond donors (Lipinski definition) is 1. The summed E-state index contributed by atoms with van der Waals surface area (Å²) >= 11 is 0. The maximum absolute atomic E-state index is 11.7. The quantitative estimate of drug-likeness (QED) is 0.660. The van der Waals surface area contributed by atoms with Gasteiger partial charge in [0.25, 0.3) is 5.56 Å². The largest absolute Gasteiger partial charge is 0.365 e. The molecule has 0 aromatic carbocycles. The van der Waals surface area contributed by atoms with Crippen LogP contribution in [0.25, 0.3) is 0 Å². The third-order valence-corrected chi connectivity index (χ3v) is 3.34. The molecule has 0 spiro atoms. The average molecular weight is 265 g/mol. The van der Waals surface area contributed by atoms with E-state index in [4.69, 9.17) is 0 Å². The van der Waals surface area contributed by atoms with Gasteiger partial charge in [0.2, 0.25) is 0 Å². The molecule has 0 aliphatic heterocycles. The summed E-state index contributed by atoms with van der Waals surface area (Å²) in [6, 6.07) is 0. The molecule has 1 aromatic heterocycles. The Bertz CT molecular complexity index is 401. The Morgan fingerprint density at radius 3 is 2.42 bits per heavy atom. The molecule has 1 aromatic rings. The van der Waals surface area contributed by atoms with E-state index >= 15 is 0 Å². The monoisotopic (exact) mass is 265 g/mol. The normalized spacial score (nSPS) is 10.6. The van der Waals surface area contributed by atoms with Crippen LogP contribution in [0.1, 0.15) is 58.3 Å². The summed E-state index contributed by atoms with van der Waals surface area (Å²) in [6.07, 6.45) is 13.7. The van der Waals surface area contributed by atoms with Crippen molar-refractivity contribution in [1.29, 1.82) is 0 Å². The number of aryl methyl sites for hydroxylation is 1. The SMILES string of the molecule is CCCCCCCCCCNc1nccn(C)c1=O. The van der Waals surface area contributed by atoms with Crippen molar-refractivity contribution in [3.63, 3.8) is 0 Å². The molecule has 1 rings (SSSR count). The lowest BCUT2D eigenvalue weighted by Crippen LogP contribution is -2.22. The molecule has 4 heteroatoms. The Kier molecular flexibility index (Phi) is 7.94. The van der Waals surface area contributed by atoms with Crippen molar-refractivity contribution in [3.05, 3.63) is 22.7 Å². The van der Waals surface area contributed by atoms with Gasteiger partial charge in [0.15, 0.2) is 5.82 Å². The summed E-state index contributed by atoms with van der Waals surface area (Å²) < 4.78 is 1.54. The van der Waals surface area contributed by atoms with E-state index in [9.17, 15) is 4.79 Å². The summed E-state index contributed by atoms with van der Waals surface area (Å²) in [5, 5.41) is 3.12. The first-order valence-corrected chi connectivity index (χ1v) is 7.51. The predicted octanol–water partition coefficient (Wildman–Crippen LogP) is 3.33. The molecule has 1 N–H and O–H groups in total. The number of rotatable bonds is 10. The van der Waals surface area contributed by atoms with Crippen LogP contribution >= 0.6 is 0 Å². The van der Waals surface area contributed by atoms with Gasteiger partial charge in [0, 0.05) is 26.0 Å². The van der Waals surface area contributed by atoms with Crippen molar-refractivity contribution in [3.8, 4) is 0 Å². The summed E-state index contributed by atoms with van der Waals surface area (Å²) in [6.45, 7) is 3.08. The number of unbranched alkanes of at least 4 members (excludes halogenated alkanes) is 7. The molecule has 108 valence electrons. The molecule has 0 amide bonds. The van der Waals surface area contributed by atoms with Gasteiger partial charge in [-0.1, -0.05) is 51.9 Å². The van der Waals surface area contributed by atoms with Crippen LogP contribution in [0.4, 0.5) is 5.82 Å². The van der Waals surface area contributed by atoms with Crippen molar-refractivity contribution < 1.29 is 0 Å². The summed E-state index contributed by atoms with van der Waals surface area (Å²) in [5.74, 6) is 0.466.